The standard InChI is InChI=1S/C21H26N2O/c1-16(13-22-18-11-12-23(14-18)19-9-10-19)15-24-21-8-4-6-17-5-2-3-7-20(17)21/h2-8,18-19,22H,1,9-15H2. The molecule has 3 heteroatoms. The number of fused-ring (bicyclic) bond motifs is 1. The highest BCUT2D eigenvalue weighted by Gasteiger charge is 2.34. The first-order valence-electron chi connectivity index (χ1n) is 9.04. The summed E-state index contributed by atoms with van der Waals surface area (Å²) in [7, 11) is 0. The van der Waals surface area contributed by atoms with Crippen LogP contribution in [-0.4, -0.2) is 43.2 Å². The Morgan fingerprint density at radius 2 is 1.96 bits per heavy atom. The lowest BCUT2D eigenvalue weighted by molar-refractivity contribution is 0.316. The van der Waals surface area contributed by atoms with E-state index in [9.17, 15) is 0 Å². The van der Waals surface area contributed by atoms with E-state index in [1.165, 1.54) is 37.7 Å². The molecule has 0 aromatic heterocycles. The van der Waals surface area contributed by atoms with Gasteiger partial charge in [-0.1, -0.05) is 43.0 Å². The van der Waals surface area contributed by atoms with Crippen LogP contribution in [0.2, 0.25) is 0 Å². The fourth-order valence-electron chi connectivity index (χ4n) is 3.57. The van der Waals surface area contributed by atoms with Crippen LogP contribution in [0.1, 0.15) is 19.3 Å². The number of hydrogen-bond acceptors (Lipinski definition) is 3. The van der Waals surface area contributed by atoms with Gasteiger partial charge in [-0.05, 0) is 36.3 Å². The van der Waals surface area contributed by atoms with Gasteiger partial charge in [0.1, 0.15) is 12.4 Å². The minimum Gasteiger partial charge on any atom is -0.489 e. The molecule has 1 aliphatic carbocycles. The monoisotopic (exact) mass is 322 g/mol. The SMILES string of the molecule is C=C(CNC1CCN(C2CC2)C1)COc1cccc2ccccc12. The molecular weight excluding hydrogens is 296 g/mol. The molecule has 2 aromatic rings. The van der Waals surface area contributed by atoms with E-state index < -0.39 is 0 Å². The minimum atomic E-state index is 0.570. The van der Waals surface area contributed by atoms with Crippen molar-refractivity contribution >= 4 is 10.8 Å². The predicted octanol–water partition coefficient (Wildman–Crippen LogP) is 3.60. The van der Waals surface area contributed by atoms with Crippen molar-refractivity contribution in [3.8, 4) is 5.75 Å². The van der Waals surface area contributed by atoms with Gasteiger partial charge in [-0.25, -0.2) is 0 Å². The largest absolute Gasteiger partial charge is 0.489 e. The summed E-state index contributed by atoms with van der Waals surface area (Å²) in [5.41, 5.74) is 1.10. The Balaban J connectivity index is 1.26. The zero-order valence-corrected chi connectivity index (χ0v) is 14.2. The van der Waals surface area contributed by atoms with E-state index in [1.807, 2.05) is 12.1 Å². The first-order valence-corrected chi connectivity index (χ1v) is 9.04. The van der Waals surface area contributed by atoms with E-state index in [0.29, 0.717) is 12.6 Å². The second-order valence-corrected chi connectivity index (χ2v) is 7.11. The predicted molar refractivity (Wildman–Crippen MR) is 99.6 cm³/mol. The number of benzene rings is 2. The zero-order valence-electron chi connectivity index (χ0n) is 14.2. The quantitative estimate of drug-likeness (QED) is 0.788. The molecule has 2 aliphatic rings. The second kappa shape index (κ2) is 6.96. The molecule has 0 radical (unpaired) electrons. The van der Waals surface area contributed by atoms with Gasteiger partial charge >= 0.3 is 0 Å². The summed E-state index contributed by atoms with van der Waals surface area (Å²) < 4.78 is 6.02. The Bertz CT molecular complexity index is 717. The first kappa shape index (κ1) is 15.7. The molecule has 4 rings (SSSR count). The number of nitrogens with zero attached hydrogens (tertiary/aromatic N) is 1. The van der Waals surface area contributed by atoms with E-state index in [-0.39, 0.29) is 0 Å². The smallest absolute Gasteiger partial charge is 0.127 e. The highest BCUT2D eigenvalue weighted by atomic mass is 16.5. The summed E-state index contributed by atoms with van der Waals surface area (Å²) in [6, 6.07) is 16.0. The van der Waals surface area contributed by atoms with Crippen molar-refractivity contribution < 1.29 is 4.74 Å². The molecule has 1 atom stereocenters. The van der Waals surface area contributed by atoms with Crippen molar-refractivity contribution in [1.29, 1.82) is 0 Å². The lowest BCUT2D eigenvalue weighted by Crippen LogP contribution is -2.34. The average Bonchev–Trinajstić information content (AvgIpc) is 3.36. The summed E-state index contributed by atoms with van der Waals surface area (Å²) in [5.74, 6) is 0.940. The van der Waals surface area contributed by atoms with Crippen molar-refractivity contribution in [2.45, 2.75) is 31.3 Å². The van der Waals surface area contributed by atoms with E-state index in [0.717, 1.165) is 29.3 Å². The lowest BCUT2D eigenvalue weighted by Gasteiger charge is -2.17. The van der Waals surface area contributed by atoms with Gasteiger partial charge in [0.2, 0.25) is 0 Å². The molecule has 1 unspecified atom stereocenters. The van der Waals surface area contributed by atoms with E-state index >= 15 is 0 Å². The molecule has 1 aliphatic heterocycles. The summed E-state index contributed by atoms with van der Waals surface area (Å²) >= 11 is 0. The molecule has 1 saturated heterocycles. The molecule has 1 N–H and O–H groups in total. The van der Waals surface area contributed by atoms with Crippen molar-refractivity contribution in [3.63, 3.8) is 0 Å². The highest BCUT2D eigenvalue weighted by Crippen LogP contribution is 2.30. The Labute approximate surface area is 144 Å². The van der Waals surface area contributed by atoms with Gasteiger partial charge in [-0.2, -0.15) is 0 Å². The van der Waals surface area contributed by atoms with Gasteiger partial charge in [0.05, 0.1) is 0 Å². The van der Waals surface area contributed by atoms with Gasteiger partial charge in [0, 0.05) is 37.1 Å². The third kappa shape index (κ3) is 3.63. The average molecular weight is 322 g/mol. The molecule has 2 aromatic carbocycles. The number of hydrogen-bond donors (Lipinski definition) is 1. The van der Waals surface area contributed by atoms with Crippen molar-refractivity contribution in [1.82, 2.24) is 10.2 Å². The Morgan fingerprint density at radius 3 is 2.83 bits per heavy atom. The molecular formula is C21H26N2O. The third-order valence-electron chi connectivity index (χ3n) is 5.11. The summed E-state index contributed by atoms with van der Waals surface area (Å²) in [4.78, 5) is 2.63. The van der Waals surface area contributed by atoms with Gasteiger partial charge in [0.15, 0.2) is 0 Å². The summed E-state index contributed by atoms with van der Waals surface area (Å²) in [6.45, 7) is 8.03. The number of rotatable bonds is 7. The van der Waals surface area contributed by atoms with Crippen LogP contribution in [0.5, 0.6) is 5.75 Å². The van der Waals surface area contributed by atoms with Crippen molar-refractivity contribution in [2.24, 2.45) is 0 Å². The third-order valence-corrected chi connectivity index (χ3v) is 5.11. The van der Waals surface area contributed by atoms with E-state index in [4.69, 9.17) is 4.74 Å². The molecule has 1 heterocycles. The molecule has 0 spiro atoms. The van der Waals surface area contributed by atoms with Crippen molar-refractivity contribution in [3.05, 3.63) is 54.6 Å². The maximum absolute atomic E-state index is 6.02. The van der Waals surface area contributed by atoms with Gasteiger partial charge in [-0.15, -0.1) is 0 Å². The lowest BCUT2D eigenvalue weighted by atomic mass is 10.1. The van der Waals surface area contributed by atoms with Crippen LogP contribution < -0.4 is 10.1 Å². The molecule has 0 amide bonds. The molecule has 3 nitrogen and oxygen atoms in total. The van der Waals surface area contributed by atoms with Crippen LogP contribution in [0.3, 0.4) is 0 Å². The van der Waals surface area contributed by atoms with Crippen LogP contribution in [0.25, 0.3) is 10.8 Å². The number of ether oxygens (including phenoxy) is 1. The fraction of sp³-hybridized carbons (Fsp3) is 0.429. The van der Waals surface area contributed by atoms with Gasteiger partial charge in [0.25, 0.3) is 0 Å². The van der Waals surface area contributed by atoms with Gasteiger partial charge in [-0.3, -0.25) is 4.90 Å². The molecule has 126 valence electrons. The van der Waals surface area contributed by atoms with Crippen LogP contribution in [0.4, 0.5) is 0 Å². The zero-order chi connectivity index (χ0) is 16.4. The van der Waals surface area contributed by atoms with Crippen LogP contribution >= 0.6 is 0 Å². The Hall–Kier alpha value is -1.84. The maximum Gasteiger partial charge on any atom is 0.127 e. The van der Waals surface area contributed by atoms with Crippen molar-refractivity contribution in [2.75, 3.05) is 26.2 Å². The summed E-state index contributed by atoms with van der Waals surface area (Å²) in [6.07, 6.45) is 4.06. The minimum absolute atomic E-state index is 0.570. The maximum atomic E-state index is 6.02. The van der Waals surface area contributed by atoms with Gasteiger partial charge < -0.3 is 10.1 Å². The summed E-state index contributed by atoms with van der Waals surface area (Å²) in [5, 5.41) is 6.02. The number of likely N-dealkylation sites (tertiary alicyclic amines) is 1. The fourth-order valence-corrected chi connectivity index (χ4v) is 3.57. The number of nitrogens with one attached hydrogen (secondary N) is 1. The normalized spacial score (nSPS) is 21.2. The van der Waals surface area contributed by atoms with Crippen LogP contribution in [0, 0.1) is 0 Å². The molecule has 2 fully saturated rings. The molecule has 0 bridgehead atoms. The second-order valence-electron chi connectivity index (χ2n) is 7.11. The molecule has 1 saturated carbocycles. The Morgan fingerprint density at radius 1 is 1.12 bits per heavy atom. The first-order chi connectivity index (χ1) is 11.8. The van der Waals surface area contributed by atoms with Crippen LogP contribution in [-0.2, 0) is 0 Å². The van der Waals surface area contributed by atoms with E-state index in [2.05, 4.69) is 47.1 Å². The molecule has 24 heavy (non-hydrogen) atoms. The topological polar surface area (TPSA) is 24.5 Å². The Kier molecular flexibility index (Phi) is 4.54. The highest BCUT2D eigenvalue weighted by molar-refractivity contribution is 5.88. The van der Waals surface area contributed by atoms with E-state index in [1.54, 1.807) is 0 Å². The van der Waals surface area contributed by atoms with Crippen LogP contribution in [0.15, 0.2) is 54.6 Å².